The van der Waals surface area contributed by atoms with E-state index in [4.69, 9.17) is 4.74 Å². The molecule has 28 heavy (non-hydrogen) atoms. The van der Waals surface area contributed by atoms with Crippen molar-refractivity contribution in [3.05, 3.63) is 29.8 Å². The molecule has 1 aliphatic heterocycles. The Labute approximate surface area is 164 Å². The average molecular weight is 389 g/mol. The number of anilines is 1. The lowest BCUT2D eigenvalue weighted by atomic mass is 9.96. The van der Waals surface area contributed by atoms with Crippen LogP contribution in [0.2, 0.25) is 0 Å². The summed E-state index contributed by atoms with van der Waals surface area (Å²) in [7, 11) is 1.46. The van der Waals surface area contributed by atoms with Gasteiger partial charge in [0.2, 0.25) is 11.8 Å². The van der Waals surface area contributed by atoms with Crippen molar-refractivity contribution in [2.24, 2.45) is 5.92 Å². The van der Waals surface area contributed by atoms with Gasteiger partial charge in [0.15, 0.2) is 6.61 Å². The molecule has 1 aromatic rings. The molecule has 1 saturated heterocycles. The molecule has 0 radical (unpaired) electrons. The van der Waals surface area contributed by atoms with Crippen LogP contribution in [0.15, 0.2) is 24.3 Å². The Balaban J connectivity index is 1.95. The van der Waals surface area contributed by atoms with Crippen molar-refractivity contribution in [1.29, 1.82) is 0 Å². The van der Waals surface area contributed by atoms with Gasteiger partial charge in [-0.25, -0.2) is 0 Å². The van der Waals surface area contributed by atoms with Gasteiger partial charge < -0.3 is 20.3 Å². The minimum atomic E-state index is -0.621. The van der Waals surface area contributed by atoms with Crippen LogP contribution in [0.5, 0.6) is 0 Å². The Kier molecular flexibility index (Phi) is 7.54. The number of carbonyl (C=O) groups is 4. The van der Waals surface area contributed by atoms with Gasteiger partial charge in [0.05, 0.1) is 12.5 Å². The molecule has 8 nitrogen and oxygen atoms in total. The number of rotatable bonds is 8. The van der Waals surface area contributed by atoms with Crippen molar-refractivity contribution in [3.63, 3.8) is 0 Å². The average Bonchev–Trinajstić information content (AvgIpc) is 3.11. The quantitative estimate of drug-likeness (QED) is 0.645. The molecule has 0 aliphatic carbocycles. The number of likely N-dealkylation sites (N-methyl/N-ethyl adjacent to an activating group) is 1. The second kappa shape index (κ2) is 9.87. The van der Waals surface area contributed by atoms with Gasteiger partial charge >= 0.3 is 5.97 Å². The first-order valence-corrected chi connectivity index (χ1v) is 9.40. The maximum Gasteiger partial charge on any atom is 0.311 e. The summed E-state index contributed by atoms with van der Waals surface area (Å²) in [6.45, 7) is 3.75. The van der Waals surface area contributed by atoms with E-state index < -0.39 is 24.4 Å². The molecular weight excluding hydrogens is 362 g/mol. The van der Waals surface area contributed by atoms with E-state index >= 15 is 0 Å². The fourth-order valence-corrected chi connectivity index (χ4v) is 3.04. The highest BCUT2D eigenvalue weighted by molar-refractivity contribution is 6.00. The maximum absolute atomic E-state index is 12.5. The van der Waals surface area contributed by atoms with Crippen LogP contribution in [0.25, 0.3) is 0 Å². The summed E-state index contributed by atoms with van der Waals surface area (Å²) in [4.78, 5) is 49.1. The van der Waals surface area contributed by atoms with E-state index in [9.17, 15) is 19.2 Å². The van der Waals surface area contributed by atoms with Crippen molar-refractivity contribution >= 4 is 29.4 Å². The largest absolute Gasteiger partial charge is 0.455 e. The van der Waals surface area contributed by atoms with Crippen LogP contribution in [0.4, 0.5) is 5.69 Å². The monoisotopic (exact) mass is 389 g/mol. The first-order chi connectivity index (χ1) is 13.4. The van der Waals surface area contributed by atoms with E-state index in [1.807, 2.05) is 24.3 Å². The summed E-state index contributed by atoms with van der Waals surface area (Å²) >= 11 is 0. The number of benzene rings is 1. The molecule has 0 unspecified atom stereocenters. The molecule has 8 heteroatoms. The number of nitrogens with zero attached hydrogens (tertiary/aromatic N) is 1. The van der Waals surface area contributed by atoms with Crippen molar-refractivity contribution < 1.29 is 23.9 Å². The lowest BCUT2D eigenvalue weighted by Gasteiger charge is -2.23. The van der Waals surface area contributed by atoms with Gasteiger partial charge in [-0.1, -0.05) is 32.0 Å². The number of carbonyl (C=O) groups excluding carboxylic acids is 4. The topological polar surface area (TPSA) is 105 Å². The van der Waals surface area contributed by atoms with Crippen molar-refractivity contribution in [2.45, 2.75) is 32.6 Å². The zero-order chi connectivity index (χ0) is 20.7. The molecule has 152 valence electrons. The smallest absolute Gasteiger partial charge is 0.311 e. The Morgan fingerprint density at radius 1 is 1.25 bits per heavy atom. The number of hydrogen-bond donors (Lipinski definition) is 2. The fraction of sp³-hybridized carbons (Fsp3) is 0.500. The number of nitrogens with one attached hydrogen (secondary N) is 2. The molecule has 2 rings (SSSR count). The second-order valence-corrected chi connectivity index (χ2v) is 6.83. The van der Waals surface area contributed by atoms with Gasteiger partial charge in [-0.2, -0.15) is 0 Å². The highest BCUT2D eigenvalue weighted by Gasteiger charge is 2.37. The molecular formula is C20H27N3O5. The molecule has 1 heterocycles. The number of amides is 3. The maximum atomic E-state index is 12.5. The first-order valence-electron chi connectivity index (χ1n) is 9.40. The molecule has 0 saturated carbocycles. The number of ether oxygens (including phenoxy) is 1. The van der Waals surface area contributed by atoms with E-state index in [1.54, 1.807) is 4.90 Å². The highest BCUT2D eigenvalue weighted by atomic mass is 16.5. The fourth-order valence-electron chi connectivity index (χ4n) is 3.04. The van der Waals surface area contributed by atoms with Crippen LogP contribution in [0.1, 0.15) is 38.2 Å². The van der Waals surface area contributed by atoms with Crippen molar-refractivity contribution in [1.82, 2.24) is 10.6 Å². The molecule has 3 amide bonds. The lowest BCUT2D eigenvalue weighted by molar-refractivity contribution is -0.152. The van der Waals surface area contributed by atoms with Crippen LogP contribution in [-0.2, 0) is 23.9 Å². The zero-order valence-electron chi connectivity index (χ0n) is 16.5. The third kappa shape index (κ3) is 5.31. The summed E-state index contributed by atoms with van der Waals surface area (Å²) in [5.41, 5.74) is 1.89. The highest BCUT2D eigenvalue weighted by Crippen LogP contribution is 2.33. The van der Waals surface area contributed by atoms with Crippen LogP contribution in [0, 0.1) is 5.92 Å². The minimum absolute atomic E-state index is 0.0491. The van der Waals surface area contributed by atoms with Crippen LogP contribution in [-0.4, -0.2) is 50.4 Å². The van der Waals surface area contributed by atoms with Gasteiger partial charge in [-0.05, 0) is 24.0 Å². The van der Waals surface area contributed by atoms with E-state index in [1.165, 1.54) is 7.05 Å². The van der Waals surface area contributed by atoms with E-state index in [0.29, 0.717) is 5.92 Å². The second-order valence-electron chi connectivity index (χ2n) is 6.83. The summed E-state index contributed by atoms with van der Waals surface area (Å²) in [5.74, 6) is -1.98. The third-order valence-electron chi connectivity index (χ3n) is 4.90. The van der Waals surface area contributed by atoms with Crippen LogP contribution in [0.3, 0.4) is 0 Å². The Hall–Kier alpha value is -2.90. The Morgan fingerprint density at radius 3 is 2.64 bits per heavy atom. The Morgan fingerprint density at radius 2 is 1.96 bits per heavy atom. The first kappa shape index (κ1) is 21.4. The summed E-state index contributed by atoms with van der Waals surface area (Å²) in [5, 5.41) is 4.71. The van der Waals surface area contributed by atoms with Crippen molar-refractivity contribution in [3.8, 4) is 0 Å². The summed E-state index contributed by atoms with van der Waals surface area (Å²) < 4.78 is 5.02. The van der Waals surface area contributed by atoms with Gasteiger partial charge in [0, 0.05) is 25.7 Å². The van der Waals surface area contributed by atoms with Crippen LogP contribution < -0.4 is 15.5 Å². The van der Waals surface area contributed by atoms with E-state index in [2.05, 4.69) is 24.5 Å². The number of hydrogen-bond acceptors (Lipinski definition) is 5. The SMILES string of the molecule is CC[C@H](C)c1ccccc1N1C[C@H](C(=O)OCC(=O)NCC(=O)NC)CC1=O. The zero-order valence-corrected chi connectivity index (χ0v) is 16.5. The standard InChI is InChI=1S/C20H27N3O5/c1-4-13(2)15-7-5-6-8-16(15)23-11-14(9-19(23)26)20(27)28-12-18(25)22-10-17(24)21-3/h5-8,13-14H,4,9-12H2,1-3H3,(H,21,24)(H,22,25)/t13-,14+/m0/s1. The molecule has 0 aromatic heterocycles. The van der Waals surface area contributed by atoms with E-state index in [-0.39, 0.29) is 31.3 Å². The minimum Gasteiger partial charge on any atom is -0.455 e. The van der Waals surface area contributed by atoms with Gasteiger partial charge in [0.25, 0.3) is 5.91 Å². The predicted molar refractivity (Wildman–Crippen MR) is 104 cm³/mol. The van der Waals surface area contributed by atoms with Crippen LogP contribution >= 0.6 is 0 Å². The molecule has 0 spiro atoms. The molecule has 1 aromatic carbocycles. The van der Waals surface area contributed by atoms with Gasteiger partial charge in [-0.3, -0.25) is 19.2 Å². The molecule has 1 aliphatic rings. The van der Waals surface area contributed by atoms with E-state index in [0.717, 1.165) is 17.7 Å². The molecule has 2 N–H and O–H groups in total. The predicted octanol–water partition coefficient (Wildman–Crippen LogP) is 0.958. The normalized spacial score (nSPS) is 17.2. The Bertz CT molecular complexity index is 749. The molecule has 1 fully saturated rings. The molecule has 0 bridgehead atoms. The lowest BCUT2D eigenvalue weighted by Crippen LogP contribution is -2.37. The number of para-hydroxylation sites is 1. The van der Waals surface area contributed by atoms with Crippen molar-refractivity contribution in [2.75, 3.05) is 31.6 Å². The third-order valence-corrected chi connectivity index (χ3v) is 4.90. The number of esters is 1. The van der Waals surface area contributed by atoms with Gasteiger partial charge in [-0.15, -0.1) is 0 Å². The summed E-state index contributed by atoms with van der Waals surface area (Å²) in [6.07, 6.45) is 0.989. The molecule has 2 atom stereocenters. The van der Waals surface area contributed by atoms with Gasteiger partial charge in [0.1, 0.15) is 0 Å². The summed E-state index contributed by atoms with van der Waals surface area (Å²) in [6, 6.07) is 7.70.